The van der Waals surface area contributed by atoms with Gasteiger partial charge in [-0.15, -0.1) is 0 Å². The normalized spacial score (nSPS) is 12.7. The first kappa shape index (κ1) is 38.9. The topological polar surface area (TPSA) is 135 Å². The summed E-state index contributed by atoms with van der Waals surface area (Å²) in [7, 11) is 0. The van der Waals surface area contributed by atoms with E-state index in [-0.39, 0.29) is 35.6 Å². The lowest BCUT2D eigenvalue weighted by Crippen LogP contribution is -2.49. The standard InChI is InChI=1S/C16H14F2O.C16H24FN3O2.C3H7NO2/c1-9-4-10(2)15(11(3)5-9)12-6-13(8-19)16(18)14(17)7-12;1-12(2)5-6-18-15(21)14-4-3-7-20(16(14)22)9-8-19-10-13(17)11-19;4-2-1-3(5)6/h4-8H,1-3H3;3-4,7,12-13H,5-6,8-11H2,1-2H3,(H,18,21);1-2,4H2,(H,5,6). The lowest BCUT2D eigenvalue weighted by Gasteiger charge is -2.34. The van der Waals surface area contributed by atoms with E-state index in [0.717, 1.165) is 34.7 Å². The van der Waals surface area contributed by atoms with Gasteiger partial charge in [0, 0.05) is 45.5 Å². The Balaban J connectivity index is 0.000000281. The number of aliphatic carboxylic acids is 1. The van der Waals surface area contributed by atoms with Crippen molar-refractivity contribution in [3.63, 3.8) is 0 Å². The van der Waals surface area contributed by atoms with Crippen molar-refractivity contribution >= 4 is 18.2 Å². The Labute approximate surface area is 273 Å². The molecule has 0 unspecified atom stereocenters. The van der Waals surface area contributed by atoms with Crippen molar-refractivity contribution in [1.29, 1.82) is 0 Å². The van der Waals surface area contributed by atoms with E-state index in [9.17, 15) is 32.3 Å². The largest absolute Gasteiger partial charge is 0.481 e. The minimum atomic E-state index is -1.10. The number of aldehydes is 1. The van der Waals surface area contributed by atoms with Crippen LogP contribution in [0.25, 0.3) is 11.1 Å². The number of hydrogen-bond acceptors (Lipinski definition) is 6. The van der Waals surface area contributed by atoms with Crippen molar-refractivity contribution in [2.75, 3.05) is 32.7 Å². The number of carbonyl (C=O) groups excluding carboxylic acids is 2. The molecule has 0 spiro atoms. The van der Waals surface area contributed by atoms with E-state index in [1.807, 2.05) is 37.8 Å². The Kier molecular flexibility index (Phi) is 15.5. The van der Waals surface area contributed by atoms with Gasteiger partial charge in [-0.2, -0.15) is 0 Å². The average Bonchev–Trinajstić information content (AvgIpc) is 2.97. The summed E-state index contributed by atoms with van der Waals surface area (Å²) in [5.74, 6) is -2.76. The summed E-state index contributed by atoms with van der Waals surface area (Å²) in [5.41, 5.74) is 8.89. The first-order chi connectivity index (χ1) is 22.2. The Morgan fingerprint density at radius 1 is 1.09 bits per heavy atom. The number of rotatable bonds is 11. The zero-order valence-electron chi connectivity index (χ0n) is 27.6. The Morgan fingerprint density at radius 2 is 1.72 bits per heavy atom. The van der Waals surface area contributed by atoms with Crippen LogP contribution in [0, 0.1) is 38.3 Å². The van der Waals surface area contributed by atoms with Crippen LogP contribution in [0.5, 0.6) is 0 Å². The lowest BCUT2D eigenvalue weighted by molar-refractivity contribution is -0.136. The molecular weight excluding hydrogens is 613 g/mol. The van der Waals surface area contributed by atoms with Gasteiger partial charge in [-0.1, -0.05) is 31.5 Å². The van der Waals surface area contributed by atoms with Crippen molar-refractivity contribution in [1.82, 2.24) is 14.8 Å². The number of nitrogens with zero attached hydrogens (tertiary/aromatic N) is 2. The molecule has 1 aliphatic rings. The molecule has 2 aromatic carbocycles. The Morgan fingerprint density at radius 3 is 2.23 bits per heavy atom. The number of halogens is 3. The van der Waals surface area contributed by atoms with Gasteiger partial charge in [0.15, 0.2) is 17.9 Å². The number of amides is 1. The third-order valence-corrected chi connectivity index (χ3v) is 7.35. The zero-order valence-corrected chi connectivity index (χ0v) is 27.6. The molecular formula is C35H45F3N4O5. The van der Waals surface area contributed by atoms with Crippen LogP contribution >= 0.6 is 0 Å². The van der Waals surface area contributed by atoms with Crippen LogP contribution < -0.4 is 16.6 Å². The molecule has 256 valence electrons. The number of carboxylic acid groups (broad SMARTS) is 1. The molecule has 0 saturated carbocycles. The maximum Gasteiger partial charge on any atom is 0.304 e. The van der Waals surface area contributed by atoms with Gasteiger partial charge in [0.2, 0.25) is 0 Å². The molecule has 1 amide bonds. The number of hydrogen-bond donors (Lipinski definition) is 3. The van der Waals surface area contributed by atoms with E-state index in [4.69, 9.17) is 10.8 Å². The molecule has 12 heteroatoms. The van der Waals surface area contributed by atoms with Gasteiger partial charge in [-0.05, 0) is 79.6 Å². The number of likely N-dealkylation sites (tertiary alicyclic amines) is 1. The number of carboxylic acids is 1. The van der Waals surface area contributed by atoms with Crippen LogP contribution in [-0.4, -0.2) is 71.6 Å². The second-order valence-corrected chi connectivity index (χ2v) is 11.9. The predicted molar refractivity (Wildman–Crippen MR) is 177 cm³/mol. The van der Waals surface area contributed by atoms with Crippen LogP contribution in [0.4, 0.5) is 13.2 Å². The first-order valence-electron chi connectivity index (χ1n) is 15.5. The third-order valence-electron chi connectivity index (χ3n) is 7.35. The summed E-state index contributed by atoms with van der Waals surface area (Å²) in [6, 6.07) is 9.72. The highest BCUT2D eigenvalue weighted by atomic mass is 19.2. The molecule has 4 N–H and O–H groups in total. The van der Waals surface area contributed by atoms with Crippen molar-refractivity contribution in [2.45, 2.75) is 60.2 Å². The van der Waals surface area contributed by atoms with E-state index in [0.29, 0.717) is 50.5 Å². The van der Waals surface area contributed by atoms with Crippen molar-refractivity contribution in [2.24, 2.45) is 11.7 Å². The van der Waals surface area contributed by atoms with E-state index < -0.39 is 23.8 Å². The molecule has 9 nitrogen and oxygen atoms in total. The van der Waals surface area contributed by atoms with Gasteiger partial charge in [0.05, 0.1) is 12.0 Å². The number of aromatic nitrogens is 1. The Bertz CT molecular complexity index is 1560. The molecule has 1 saturated heterocycles. The van der Waals surface area contributed by atoms with Crippen LogP contribution in [0.3, 0.4) is 0 Å². The summed E-state index contributed by atoms with van der Waals surface area (Å²) in [6.45, 7) is 12.7. The van der Waals surface area contributed by atoms with Gasteiger partial charge >= 0.3 is 5.97 Å². The fourth-order valence-electron chi connectivity index (χ4n) is 4.99. The van der Waals surface area contributed by atoms with Crippen molar-refractivity contribution in [3.8, 4) is 11.1 Å². The summed E-state index contributed by atoms with van der Waals surface area (Å²) in [6.07, 6.45) is 2.21. The molecule has 0 atom stereocenters. The highest BCUT2D eigenvalue weighted by Crippen LogP contribution is 2.30. The van der Waals surface area contributed by atoms with Crippen LogP contribution in [0.15, 0.2) is 47.4 Å². The van der Waals surface area contributed by atoms with Crippen molar-refractivity contribution in [3.05, 3.63) is 92.4 Å². The smallest absolute Gasteiger partial charge is 0.304 e. The molecule has 1 fully saturated rings. The van der Waals surface area contributed by atoms with Crippen LogP contribution in [-0.2, 0) is 11.3 Å². The van der Waals surface area contributed by atoms with Gasteiger partial charge in [-0.3, -0.25) is 24.1 Å². The number of aryl methyl sites for hydroxylation is 3. The van der Waals surface area contributed by atoms with Crippen LogP contribution in [0.1, 0.15) is 64.1 Å². The number of benzene rings is 2. The fraction of sp³-hybridized carbons (Fsp3) is 0.429. The molecule has 3 aromatic rings. The van der Waals surface area contributed by atoms with E-state index in [1.165, 1.54) is 10.6 Å². The molecule has 0 bridgehead atoms. The minimum absolute atomic E-state index is 0.0694. The second-order valence-electron chi connectivity index (χ2n) is 11.9. The van der Waals surface area contributed by atoms with E-state index in [1.54, 1.807) is 18.3 Å². The molecule has 1 aliphatic heterocycles. The van der Waals surface area contributed by atoms with E-state index in [2.05, 4.69) is 19.2 Å². The van der Waals surface area contributed by atoms with Gasteiger partial charge in [-0.25, -0.2) is 13.2 Å². The molecule has 1 aromatic heterocycles. The summed E-state index contributed by atoms with van der Waals surface area (Å²) in [5, 5.41) is 10.6. The fourth-order valence-corrected chi connectivity index (χ4v) is 4.99. The number of nitrogens with one attached hydrogen (secondary N) is 1. The maximum absolute atomic E-state index is 13.5. The van der Waals surface area contributed by atoms with Crippen LogP contribution in [0.2, 0.25) is 0 Å². The summed E-state index contributed by atoms with van der Waals surface area (Å²) < 4.78 is 41.1. The Hall–Kier alpha value is -4.29. The highest BCUT2D eigenvalue weighted by molar-refractivity contribution is 5.93. The number of pyridine rings is 1. The minimum Gasteiger partial charge on any atom is -0.481 e. The number of alkyl halides is 1. The summed E-state index contributed by atoms with van der Waals surface area (Å²) in [4.78, 5) is 46.6. The SMILES string of the molecule is CC(C)CCNC(=O)c1cccn(CCN2CC(F)C2)c1=O.Cc1cc(C)c(-c2cc(F)c(F)c(C=O)c2)c(C)c1.NCCC(=O)O. The predicted octanol–water partition coefficient (Wildman–Crippen LogP) is 5.07. The molecule has 47 heavy (non-hydrogen) atoms. The first-order valence-corrected chi connectivity index (χ1v) is 15.5. The summed E-state index contributed by atoms with van der Waals surface area (Å²) >= 11 is 0. The van der Waals surface area contributed by atoms with Crippen molar-refractivity contribution < 1.29 is 32.7 Å². The molecule has 0 aliphatic carbocycles. The highest BCUT2D eigenvalue weighted by Gasteiger charge is 2.25. The third kappa shape index (κ3) is 12.1. The monoisotopic (exact) mass is 658 g/mol. The average molecular weight is 659 g/mol. The molecule has 0 radical (unpaired) electrons. The second kappa shape index (κ2) is 18.8. The molecule has 2 heterocycles. The zero-order chi connectivity index (χ0) is 35.3. The number of carbonyl (C=O) groups is 3. The maximum atomic E-state index is 13.5. The lowest BCUT2D eigenvalue weighted by atomic mass is 9.93. The van der Waals surface area contributed by atoms with Gasteiger partial charge in [0.25, 0.3) is 11.5 Å². The molecule has 4 rings (SSSR count). The number of nitrogens with two attached hydrogens (primary N) is 1. The van der Waals surface area contributed by atoms with Gasteiger partial charge in [0.1, 0.15) is 11.7 Å². The van der Waals surface area contributed by atoms with E-state index >= 15 is 0 Å². The van der Waals surface area contributed by atoms with Gasteiger partial charge < -0.3 is 20.7 Å². The quantitative estimate of drug-likeness (QED) is 0.245.